The van der Waals surface area contributed by atoms with Crippen molar-refractivity contribution in [2.24, 2.45) is 5.41 Å². The largest absolute Gasteiger partial charge is 0.379 e. The first kappa shape index (κ1) is 17.5. The van der Waals surface area contributed by atoms with E-state index in [0.29, 0.717) is 11.5 Å². The summed E-state index contributed by atoms with van der Waals surface area (Å²) >= 11 is 0. The van der Waals surface area contributed by atoms with Crippen molar-refractivity contribution in [3.63, 3.8) is 0 Å². The van der Waals surface area contributed by atoms with Crippen molar-refractivity contribution in [2.75, 3.05) is 6.61 Å². The topological polar surface area (TPSA) is 33.0 Å². The molecule has 2 heteroatoms. The predicted molar refractivity (Wildman–Crippen MR) is 97.9 cm³/mol. The van der Waals surface area contributed by atoms with E-state index in [1.807, 2.05) is 12.1 Å². The molecule has 2 fully saturated rings. The van der Waals surface area contributed by atoms with Crippen molar-refractivity contribution in [2.45, 2.75) is 83.2 Å². The van der Waals surface area contributed by atoms with Crippen LogP contribution in [0.1, 0.15) is 82.8 Å². The molecule has 0 saturated heterocycles. The van der Waals surface area contributed by atoms with Gasteiger partial charge in [-0.1, -0.05) is 38.3 Å². The van der Waals surface area contributed by atoms with Gasteiger partial charge >= 0.3 is 0 Å². The summed E-state index contributed by atoms with van der Waals surface area (Å²) in [5.41, 5.74) is 2.89. The van der Waals surface area contributed by atoms with Gasteiger partial charge in [-0.05, 0) is 68.6 Å². The molecular weight excluding hydrogens is 294 g/mol. The molecule has 2 saturated carbocycles. The molecule has 1 aromatic carbocycles. The molecule has 1 aromatic rings. The normalized spacial score (nSPS) is 29.8. The second kappa shape index (κ2) is 7.28. The van der Waals surface area contributed by atoms with Gasteiger partial charge in [0.2, 0.25) is 0 Å². The smallest absolute Gasteiger partial charge is 0.0991 e. The molecular formula is C22H31NO. The molecule has 0 atom stereocenters. The lowest BCUT2D eigenvalue weighted by Crippen LogP contribution is -2.48. The maximum absolute atomic E-state index is 9.12. The van der Waals surface area contributed by atoms with Crippen LogP contribution in [-0.2, 0) is 10.2 Å². The van der Waals surface area contributed by atoms with Gasteiger partial charge in [0, 0.05) is 12.0 Å². The Morgan fingerprint density at radius 1 is 1.04 bits per heavy atom. The molecule has 3 rings (SSSR count). The minimum atomic E-state index is 0.288. The molecule has 24 heavy (non-hydrogen) atoms. The van der Waals surface area contributed by atoms with E-state index in [0.717, 1.165) is 12.2 Å². The molecule has 0 heterocycles. The van der Waals surface area contributed by atoms with Gasteiger partial charge in [0.25, 0.3) is 0 Å². The van der Waals surface area contributed by atoms with E-state index in [2.05, 4.69) is 32.0 Å². The first-order valence-corrected chi connectivity index (χ1v) is 9.76. The van der Waals surface area contributed by atoms with Crippen LogP contribution in [0.15, 0.2) is 24.3 Å². The lowest BCUT2D eigenvalue weighted by molar-refractivity contribution is -0.0299. The maximum Gasteiger partial charge on any atom is 0.0991 e. The fourth-order valence-corrected chi connectivity index (χ4v) is 5.37. The highest BCUT2D eigenvalue weighted by atomic mass is 16.5. The van der Waals surface area contributed by atoms with Crippen LogP contribution in [0.2, 0.25) is 0 Å². The average Bonchev–Trinajstić information content (AvgIpc) is 2.64. The first-order valence-electron chi connectivity index (χ1n) is 9.76. The summed E-state index contributed by atoms with van der Waals surface area (Å²) in [6.45, 7) is 5.47. The van der Waals surface area contributed by atoms with Gasteiger partial charge in [-0.25, -0.2) is 0 Å². The number of hydrogen-bond acceptors (Lipinski definition) is 2. The number of benzene rings is 1. The molecule has 0 bridgehead atoms. The highest BCUT2D eigenvalue weighted by Gasteiger charge is 2.50. The fraction of sp³-hybridized carbons (Fsp3) is 0.682. The molecule has 0 amide bonds. The Balaban J connectivity index is 1.89. The van der Waals surface area contributed by atoms with E-state index in [4.69, 9.17) is 10.00 Å². The highest BCUT2D eigenvalue weighted by molar-refractivity contribution is 5.37. The third-order valence-corrected chi connectivity index (χ3v) is 6.87. The van der Waals surface area contributed by atoms with Crippen molar-refractivity contribution in [1.82, 2.24) is 0 Å². The van der Waals surface area contributed by atoms with E-state index in [1.165, 1.54) is 63.4 Å². The van der Waals surface area contributed by atoms with Gasteiger partial charge < -0.3 is 4.74 Å². The number of rotatable bonds is 4. The van der Waals surface area contributed by atoms with Gasteiger partial charge in [0.1, 0.15) is 0 Å². The molecule has 0 N–H and O–H groups in total. The standard InChI is InChI=1S/C22H31NO/c1-3-24-20-11-15-21(2,16-12-20)22(13-5-4-6-14-22)19-9-7-18(17-23)8-10-19/h7-10,20H,3-6,11-16H2,1-2H3. The Labute approximate surface area is 147 Å². The number of ether oxygens (including phenoxy) is 1. The minimum absolute atomic E-state index is 0.288. The Bertz CT molecular complexity index is 569. The summed E-state index contributed by atoms with van der Waals surface area (Å²) in [6, 6.07) is 10.8. The van der Waals surface area contributed by atoms with Gasteiger partial charge in [-0.15, -0.1) is 0 Å². The molecule has 0 unspecified atom stereocenters. The Morgan fingerprint density at radius 2 is 1.67 bits per heavy atom. The Hall–Kier alpha value is -1.33. The molecule has 2 nitrogen and oxygen atoms in total. The summed E-state index contributed by atoms with van der Waals surface area (Å²) in [5, 5.41) is 9.12. The van der Waals surface area contributed by atoms with Crippen molar-refractivity contribution in [1.29, 1.82) is 5.26 Å². The zero-order chi connectivity index (χ0) is 17.0. The van der Waals surface area contributed by atoms with Crippen LogP contribution in [-0.4, -0.2) is 12.7 Å². The van der Waals surface area contributed by atoms with Crippen molar-refractivity contribution >= 4 is 0 Å². The average molecular weight is 325 g/mol. The minimum Gasteiger partial charge on any atom is -0.379 e. The number of hydrogen-bond donors (Lipinski definition) is 0. The van der Waals surface area contributed by atoms with Crippen LogP contribution >= 0.6 is 0 Å². The van der Waals surface area contributed by atoms with Crippen LogP contribution in [0.3, 0.4) is 0 Å². The molecule has 0 aromatic heterocycles. The van der Waals surface area contributed by atoms with Crippen molar-refractivity contribution in [3.05, 3.63) is 35.4 Å². The van der Waals surface area contributed by atoms with E-state index in [-0.39, 0.29) is 5.41 Å². The molecule has 0 spiro atoms. The van der Waals surface area contributed by atoms with Crippen LogP contribution < -0.4 is 0 Å². The molecule has 2 aliphatic rings. The second-order valence-electron chi connectivity index (χ2n) is 8.05. The quantitative estimate of drug-likeness (QED) is 0.706. The highest BCUT2D eigenvalue weighted by Crippen LogP contribution is 2.57. The van der Waals surface area contributed by atoms with E-state index >= 15 is 0 Å². The molecule has 130 valence electrons. The zero-order valence-electron chi connectivity index (χ0n) is 15.3. The SMILES string of the molecule is CCOC1CCC(C)(C2(c3ccc(C#N)cc3)CCCCC2)CC1. The summed E-state index contributed by atoms with van der Waals surface area (Å²) < 4.78 is 5.90. The summed E-state index contributed by atoms with van der Waals surface area (Å²) in [4.78, 5) is 0. The molecule has 2 aliphatic carbocycles. The molecule has 0 radical (unpaired) electrons. The van der Waals surface area contributed by atoms with Gasteiger partial charge in [-0.3, -0.25) is 0 Å². The third kappa shape index (κ3) is 3.11. The fourth-order valence-electron chi connectivity index (χ4n) is 5.37. The number of nitrogens with zero attached hydrogens (tertiary/aromatic N) is 1. The van der Waals surface area contributed by atoms with E-state index in [1.54, 1.807) is 0 Å². The second-order valence-corrected chi connectivity index (χ2v) is 8.05. The van der Waals surface area contributed by atoms with E-state index < -0.39 is 0 Å². The van der Waals surface area contributed by atoms with Crippen LogP contribution in [0.5, 0.6) is 0 Å². The van der Waals surface area contributed by atoms with Gasteiger partial charge in [-0.2, -0.15) is 5.26 Å². The lowest BCUT2D eigenvalue weighted by Gasteiger charge is -2.54. The summed E-state index contributed by atoms with van der Waals surface area (Å²) in [7, 11) is 0. The monoisotopic (exact) mass is 325 g/mol. The third-order valence-electron chi connectivity index (χ3n) is 6.87. The van der Waals surface area contributed by atoms with Crippen LogP contribution in [0.25, 0.3) is 0 Å². The van der Waals surface area contributed by atoms with Crippen molar-refractivity contribution < 1.29 is 4.74 Å². The van der Waals surface area contributed by atoms with E-state index in [9.17, 15) is 0 Å². The maximum atomic E-state index is 9.12. The van der Waals surface area contributed by atoms with Gasteiger partial charge in [0.15, 0.2) is 0 Å². The Morgan fingerprint density at radius 3 is 2.21 bits per heavy atom. The predicted octanol–water partition coefficient (Wildman–Crippen LogP) is 5.75. The van der Waals surface area contributed by atoms with Gasteiger partial charge in [0.05, 0.1) is 17.7 Å². The number of nitriles is 1. The first-order chi connectivity index (χ1) is 11.6. The summed E-state index contributed by atoms with van der Waals surface area (Å²) in [6.07, 6.45) is 12.0. The van der Waals surface area contributed by atoms with Crippen LogP contribution in [0.4, 0.5) is 0 Å². The molecule has 0 aliphatic heterocycles. The zero-order valence-corrected chi connectivity index (χ0v) is 15.3. The lowest BCUT2D eigenvalue weighted by atomic mass is 9.50. The van der Waals surface area contributed by atoms with Crippen molar-refractivity contribution in [3.8, 4) is 6.07 Å². The Kier molecular flexibility index (Phi) is 5.30. The van der Waals surface area contributed by atoms with Crippen LogP contribution in [0, 0.1) is 16.7 Å². The summed E-state index contributed by atoms with van der Waals surface area (Å²) in [5.74, 6) is 0.